The van der Waals surface area contributed by atoms with Gasteiger partial charge in [-0.25, -0.2) is 0 Å². The number of rotatable bonds is 4. The van der Waals surface area contributed by atoms with E-state index < -0.39 is 42.8 Å². The molecule has 0 amide bonds. The van der Waals surface area contributed by atoms with Crippen molar-refractivity contribution in [3.63, 3.8) is 0 Å². The van der Waals surface area contributed by atoms with Gasteiger partial charge in [0, 0.05) is 21.5 Å². The second kappa shape index (κ2) is 8.24. The first kappa shape index (κ1) is 26.2. The molecule has 6 aromatic carbocycles. The SMILES string of the molecule is O=S(=O)(Oc1ccc2c3ccccc3c3c(OS(=O)(=O)C(F)(F)F)ccc4c5ccccc5c1c2c43)C(F)(F)F. The van der Waals surface area contributed by atoms with Crippen LogP contribution in [0.4, 0.5) is 26.3 Å². The Morgan fingerprint density at radius 2 is 0.725 bits per heavy atom. The predicted molar refractivity (Wildman–Crippen MR) is 136 cm³/mol. The molecular formula is C26H12F6O6S2. The van der Waals surface area contributed by atoms with Crippen LogP contribution >= 0.6 is 0 Å². The maximum atomic E-state index is 13.3. The Balaban J connectivity index is 1.86. The van der Waals surface area contributed by atoms with E-state index in [1.807, 2.05) is 0 Å². The summed E-state index contributed by atoms with van der Waals surface area (Å²) in [5.74, 6) is -1.34. The first-order valence-electron chi connectivity index (χ1n) is 11.2. The summed E-state index contributed by atoms with van der Waals surface area (Å²) < 4.78 is 137. The van der Waals surface area contributed by atoms with Crippen molar-refractivity contribution in [3.05, 3.63) is 72.8 Å². The van der Waals surface area contributed by atoms with E-state index in [-0.39, 0.29) is 21.5 Å². The molecule has 0 radical (unpaired) electrons. The number of halogens is 6. The Hall–Kier alpha value is -4.04. The van der Waals surface area contributed by atoms with Crippen LogP contribution in [-0.2, 0) is 20.2 Å². The molecule has 0 N–H and O–H groups in total. The number of fused-ring (bicyclic) bond motifs is 6. The molecule has 0 heterocycles. The van der Waals surface area contributed by atoms with Crippen LogP contribution in [0.2, 0.25) is 0 Å². The van der Waals surface area contributed by atoms with E-state index in [4.69, 9.17) is 0 Å². The second-order valence-electron chi connectivity index (χ2n) is 8.78. The van der Waals surface area contributed by atoms with E-state index in [1.165, 1.54) is 24.3 Å². The average molecular weight is 598 g/mol. The molecule has 14 heteroatoms. The van der Waals surface area contributed by atoms with E-state index in [1.54, 1.807) is 36.4 Å². The minimum atomic E-state index is -6.11. The van der Waals surface area contributed by atoms with Gasteiger partial charge in [-0.2, -0.15) is 43.2 Å². The Bertz CT molecular complexity index is 2060. The number of hydrogen-bond donors (Lipinski definition) is 0. The molecule has 0 spiro atoms. The first-order chi connectivity index (χ1) is 18.6. The fourth-order valence-electron chi connectivity index (χ4n) is 5.01. The van der Waals surface area contributed by atoms with Crippen LogP contribution in [0.1, 0.15) is 0 Å². The lowest BCUT2D eigenvalue weighted by Crippen LogP contribution is -2.28. The molecule has 0 aliphatic carbocycles. The van der Waals surface area contributed by atoms with Gasteiger partial charge in [0.15, 0.2) is 11.5 Å². The number of alkyl halides is 6. The van der Waals surface area contributed by atoms with Crippen molar-refractivity contribution in [3.8, 4) is 11.5 Å². The maximum Gasteiger partial charge on any atom is 0.534 e. The number of hydrogen-bond acceptors (Lipinski definition) is 6. The summed E-state index contributed by atoms with van der Waals surface area (Å²) in [5.41, 5.74) is -11.5. The van der Waals surface area contributed by atoms with Gasteiger partial charge in [-0.15, -0.1) is 0 Å². The molecule has 0 aliphatic heterocycles. The minimum Gasteiger partial charge on any atom is -0.375 e. The van der Waals surface area contributed by atoms with Crippen molar-refractivity contribution in [1.82, 2.24) is 0 Å². The van der Waals surface area contributed by atoms with Crippen LogP contribution < -0.4 is 8.37 Å². The van der Waals surface area contributed by atoms with Crippen molar-refractivity contribution in [2.45, 2.75) is 11.0 Å². The van der Waals surface area contributed by atoms with Gasteiger partial charge in [0.2, 0.25) is 0 Å². The van der Waals surface area contributed by atoms with Crippen molar-refractivity contribution < 1.29 is 51.5 Å². The van der Waals surface area contributed by atoms with Crippen LogP contribution in [0.5, 0.6) is 11.5 Å². The van der Waals surface area contributed by atoms with Crippen molar-refractivity contribution in [2.24, 2.45) is 0 Å². The molecular weight excluding hydrogens is 586 g/mol. The quantitative estimate of drug-likeness (QED) is 0.0694. The summed E-state index contributed by atoms with van der Waals surface area (Å²) in [7, 11) is -12.2. The summed E-state index contributed by atoms with van der Waals surface area (Å²) in [4.78, 5) is 0. The lowest BCUT2D eigenvalue weighted by Gasteiger charge is -2.21. The van der Waals surface area contributed by atoms with Crippen molar-refractivity contribution in [1.29, 1.82) is 0 Å². The van der Waals surface area contributed by atoms with Gasteiger partial charge in [0.05, 0.1) is 0 Å². The van der Waals surface area contributed by atoms with Crippen molar-refractivity contribution in [2.75, 3.05) is 0 Å². The molecule has 0 bridgehead atoms. The topological polar surface area (TPSA) is 86.7 Å². The molecule has 6 aromatic rings. The summed E-state index contributed by atoms with van der Waals surface area (Å²) >= 11 is 0. The molecule has 6 nitrogen and oxygen atoms in total. The van der Waals surface area contributed by atoms with Gasteiger partial charge in [-0.3, -0.25) is 0 Å². The van der Waals surface area contributed by atoms with Crippen LogP contribution in [0.3, 0.4) is 0 Å². The predicted octanol–water partition coefficient (Wildman–Crippen LogP) is 7.35. The monoisotopic (exact) mass is 598 g/mol. The normalized spacial score (nSPS) is 13.7. The molecule has 0 saturated carbocycles. The van der Waals surface area contributed by atoms with Crippen LogP contribution in [0, 0.1) is 0 Å². The van der Waals surface area contributed by atoms with Gasteiger partial charge in [0.1, 0.15) is 0 Å². The minimum absolute atomic E-state index is 0.0694. The third kappa shape index (κ3) is 3.69. The van der Waals surface area contributed by atoms with E-state index in [0.29, 0.717) is 32.3 Å². The van der Waals surface area contributed by atoms with Crippen LogP contribution in [0.15, 0.2) is 72.8 Å². The number of benzene rings is 6. The Kier molecular flexibility index (Phi) is 5.39. The molecule has 0 unspecified atom stereocenters. The zero-order chi connectivity index (χ0) is 28.8. The van der Waals surface area contributed by atoms with E-state index >= 15 is 0 Å². The summed E-state index contributed by atoms with van der Waals surface area (Å²) in [6.45, 7) is 0. The van der Waals surface area contributed by atoms with Gasteiger partial charge >= 0.3 is 31.3 Å². The molecule has 0 atom stereocenters. The fourth-order valence-corrected chi connectivity index (χ4v) is 5.95. The third-order valence-electron chi connectivity index (χ3n) is 6.52. The Labute approximate surface area is 220 Å². The Morgan fingerprint density at radius 1 is 0.425 bits per heavy atom. The van der Waals surface area contributed by atoms with Crippen LogP contribution in [0.25, 0.3) is 53.9 Å². The maximum absolute atomic E-state index is 13.3. The zero-order valence-electron chi connectivity index (χ0n) is 19.5. The van der Waals surface area contributed by atoms with E-state index in [9.17, 15) is 43.2 Å². The molecule has 206 valence electrons. The lowest BCUT2D eigenvalue weighted by atomic mass is 9.85. The van der Waals surface area contributed by atoms with Crippen LogP contribution in [-0.4, -0.2) is 27.9 Å². The summed E-state index contributed by atoms with van der Waals surface area (Å²) in [6, 6.07) is 17.3. The van der Waals surface area contributed by atoms with E-state index in [2.05, 4.69) is 8.37 Å². The standard InChI is InChI=1S/C26H12F6O6S2/c27-25(28,29)39(33,34)37-19-12-10-18-14-6-2-4-8-16(14)22-20(38-40(35,36)26(30,31)32)11-9-17-13-5-1-3-7-15(13)21(19)24(18)23(17)22/h1-12H. The molecule has 0 fully saturated rings. The van der Waals surface area contributed by atoms with Gasteiger partial charge in [0.25, 0.3) is 0 Å². The van der Waals surface area contributed by atoms with Gasteiger partial charge < -0.3 is 8.37 Å². The average Bonchev–Trinajstić information content (AvgIpc) is 2.87. The third-order valence-corrected chi connectivity index (χ3v) is 8.46. The molecule has 0 saturated heterocycles. The Morgan fingerprint density at radius 3 is 1.05 bits per heavy atom. The van der Waals surface area contributed by atoms with Crippen molar-refractivity contribution >= 4 is 74.1 Å². The molecule has 6 rings (SSSR count). The molecule has 0 aromatic heterocycles. The zero-order valence-corrected chi connectivity index (χ0v) is 21.1. The highest BCUT2D eigenvalue weighted by atomic mass is 32.2. The molecule has 40 heavy (non-hydrogen) atoms. The lowest BCUT2D eigenvalue weighted by molar-refractivity contribution is -0.0504. The fraction of sp³-hybridized carbons (Fsp3) is 0.0769. The highest BCUT2D eigenvalue weighted by Crippen LogP contribution is 2.50. The highest BCUT2D eigenvalue weighted by molar-refractivity contribution is 7.88. The second-order valence-corrected chi connectivity index (χ2v) is 11.9. The largest absolute Gasteiger partial charge is 0.534 e. The first-order valence-corrected chi connectivity index (χ1v) is 14.0. The van der Waals surface area contributed by atoms with Gasteiger partial charge in [-0.05, 0) is 56.6 Å². The highest BCUT2D eigenvalue weighted by Gasteiger charge is 2.50. The summed E-state index contributed by atoms with van der Waals surface area (Å²) in [6.07, 6.45) is 0. The van der Waals surface area contributed by atoms with E-state index in [0.717, 1.165) is 12.1 Å². The summed E-state index contributed by atoms with van der Waals surface area (Å²) in [5, 5.41) is 2.33. The smallest absolute Gasteiger partial charge is 0.375 e. The molecule has 0 aliphatic rings. The van der Waals surface area contributed by atoms with Gasteiger partial charge in [-0.1, -0.05) is 48.5 Å².